The van der Waals surface area contributed by atoms with Crippen LogP contribution in [0, 0.1) is 5.82 Å². The predicted octanol–water partition coefficient (Wildman–Crippen LogP) is 2.86. The van der Waals surface area contributed by atoms with E-state index in [9.17, 15) is 14.0 Å². The van der Waals surface area contributed by atoms with E-state index >= 15 is 0 Å². The molecule has 0 unspecified atom stereocenters. The molecule has 2 N–H and O–H groups in total. The number of alkyl carbamates (subject to hydrolysis) is 1. The van der Waals surface area contributed by atoms with Crippen molar-refractivity contribution in [3.63, 3.8) is 0 Å². The molecule has 22 heavy (non-hydrogen) atoms. The summed E-state index contributed by atoms with van der Waals surface area (Å²) in [4.78, 5) is 23.1. The molecule has 1 aromatic carbocycles. The fourth-order valence-electron chi connectivity index (χ4n) is 1.70. The summed E-state index contributed by atoms with van der Waals surface area (Å²) in [5.74, 6) is -0.968. The van der Waals surface area contributed by atoms with E-state index in [1.165, 1.54) is 18.2 Å². The Hall–Kier alpha value is -2.11. The summed E-state index contributed by atoms with van der Waals surface area (Å²) in [5.41, 5.74) is -0.480. The van der Waals surface area contributed by atoms with Crippen LogP contribution in [0.5, 0.6) is 0 Å². The molecule has 0 saturated heterocycles. The zero-order valence-corrected chi connectivity index (χ0v) is 13.2. The Kier molecular flexibility index (Phi) is 6.82. The van der Waals surface area contributed by atoms with E-state index in [1.807, 2.05) is 0 Å². The second kappa shape index (κ2) is 8.36. The Bertz CT molecular complexity index is 512. The van der Waals surface area contributed by atoms with Crippen LogP contribution in [0.25, 0.3) is 0 Å². The molecular weight excluding hydrogens is 287 g/mol. The van der Waals surface area contributed by atoms with Gasteiger partial charge in [0.2, 0.25) is 0 Å². The lowest BCUT2D eigenvalue weighted by Crippen LogP contribution is -2.33. The van der Waals surface area contributed by atoms with Gasteiger partial charge < -0.3 is 15.4 Å². The number of ether oxygens (including phenoxy) is 1. The van der Waals surface area contributed by atoms with Crippen LogP contribution in [-0.4, -0.2) is 30.7 Å². The fourth-order valence-corrected chi connectivity index (χ4v) is 1.70. The number of benzene rings is 1. The van der Waals surface area contributed by atoms with Crippen LogP contribution in [0.15, 0.2) is 24.3 Å². The molecular formula is C16H23FN2O3. The Labute approximate surface area is 130 Å². The summed E-state index contributed by atoms with van der Waals surface area (Å²) in [6.45, 7) is 6.27. The van der Waals surface area contributed by atoms with Gasteiger partial charge in [-0.1, -0.05) is 12.1 Å². The first-order chi connectivity index (χ1) is 10.3. The fraction of sp³-hybridized carbons (Fsp3) is 0.500. The second-order valence-electron chi connectivity index (χ2n) is 5.87. The molecule has 0 bridgehead atoms. The molecule has 0 aromatic heterocycles. The standard InChI is InChI=1S/C16H23FN2O3/c1-16(2,3)22-15(21)19-11-7-6-10-18-14(20)12-8-4-5-9-13(12)17/h4-5,8-9H,6-7,10-11H2,1-3H3,(H,18,20)(H,19,21). The lowest BCUT2D eigenvalue weighted by Gasteiger charge is -2.19. The van der Waals surface area contributed by atoms with Gasteiger partial charge in [0.1, 0.15) is 11.4 Å². The number of halogens is 1. The van der Waals surface area contributed by atoms with Gasteiger partial charge in [-0.25, -0.2) is 9.18 Å². The van der Waals surface area contributed by atoms with E-state index < -0.39 is 23.4 Å². The van der Waals surface area contributed by atoms with Crippen molar-refractivity contribution in [1.29, 1.82) is 0 Å². The molecule has 0 aliphatic carbocycles. The van der Waals surface area contributed by atoms with Gasteiger partial charge in [0.25, 0.3) is 5.91 Å². The third kappa shape index (κ3) is 7.06. The maximum absolute atomic E-state index is 13.4. The summed E-state index contributed by atoms with van der Waals surface area (Å²) in [5, 5.41) is 5.28. The van der Waals surface area contributed by atoms with Crippen molar-refractivity contribution in [2.45, 2.75) is 39.2 Å². The van der Waals surface area contributed by atoms with Crippen molar-refractivity contribution in [3.8, 4) is 0 Å². The molecule has 2 amide bonds. The van der Waals surface area contributed by atoms with Gasteiger partial charge in [0.15, 0.2) is 0 Å². The molecule has 1 rings (SSSR count). The Balaban J connectivity index is 2.15. The van der Waals surface area contributed by atoms with Crippen molar-refractivity contribution in [1.82, 2.24) is 10.6 Å². The normalized spacial score (nSPS) is 10.9. The number of rotatable bonds is 6. The maximum atomic E-state index is 13.4. The molecule has 0 aliphatic rings. The summed E-state index contributed by atoms with van der Waals surface area (Å²) in [6.07, 6.45) is 0.912. The number of hydrogen-bond donors (Lipinski definition) is 2. The minimum Gasteiger partial charge on any atom is -0.444 e. The first-order valence-electron chi connectivity index (χ1n) is 7.29. The van der Waals surface area contributed by atoms with Crippen molar-refractivity contribution in [3.05, 3.63) is 35.6 Å². The number of carbonyl (C=O) groups excluding carboxylic acids is 2. The number of hydrogen-bond acceptors (Lipinski definition) is 3. The highest BCUT2D eigenvalue weighted by Crippen LogP contribution is 2.07. The third-order valence-corrected chi connectivity index (χ3v) is 2.68. The van der Waals surface area contributed by atoms with Crippen LogP contribution in [0.3, 0.4) is 0 Å². The first-order valence-corrected chi connectivity index (χ1v) is 7.29. The van der Waals surface area contributed by atoms with Crippen LogP contribution < -0.4 is 10.6 Å². The molecule has 0 radical (unpaired) electrons. The quantitative estimate of drug-likeness (QED) is 0.794. The molecule has 0 fully saturated rings. The molecule has 0 heterocycles. The lowest BCUT2D eigenvalue weighted by molar-refractivity contribution is 0.0526. The van der Waals surface area contributed by atoms with Crippen molar-refractivity contribution in [2.75, 3.05) is 13.1 Å². The van der Waals surface area contributed by atoms with Gasteiger partial charge in [-0.2, -0.15) is 0 Å². The SMILES string of the molecule is CC(C)(C)OC(=O)NCCCCNC(=O)c1ccccc1F. The molecule has 6 heteroatoms. The molecule has 122 valence electrons. The highest BCUT2D eigenvalue weighted by Gasteiger charge is 2.15. The molecule has 1 aromatic rings. The molecule has 0 aliphatic heterocycles. The number of nitrogens with one attached hydrogen (secondary N) is 2. The molecule has 0 spiro atoms. The average Bonchev–Trinajstić information content (AvgIpc) is 2.41. The molecule has 0 atom stereocenters. The molecule has 0 saturated carbocycles. The Morgan fingerprint density at radius 3 is 2.27 bits per heavy atom. The van der Waals surface area contributed by atoms with Crippen molar-refractivity contribution < 1.29 is 18.7 Å². The van der Waals surface area contributed by atoms with E-state index in [2.05, 4.69) is 10.6 Å². The summed E-state index contributed by atoms with van der Waals surface area (Å²) >= 11 is 0. The van der Waals surface area contributed by atoms with E-state index in [1.54, 1.807) is 26.8 Å². The van der Waals surface area contributed by atoms with Crippen LogP contribution in [0.2, 0.25) is 0 Å². The zero-order chi connectivity index (χ0) is 16.6. The zero-order valence-electron chi connectivity index (χ0n) is 13.2. The van der Waals surface area contributed by atoms with Crippen molar-refractivity contribution >= 4 is 12.0 Å². The smallest absolute Gasteiger partial charge is 0.407 e. The monoisotopic (exact) mass is 310 g/mol. The minimum atomic E-state index is -0.536. The van der Waals surface area contributed by atoms with E-state index in [0.717, 1.165) is 0 Å². The highest BCUT2D eigenvalue weighted by atomic mass is 19.1. The van der Waals surface area contributed by atoms with Crippen LogP contribution in [-0.2, 0) is 4.74 Å². The number of unbranched alkanes of at least 4 members (excludes halogenated alkanes) is 1. The van der Waals surface area contributed by atoms with E-state index in [-0.39, 0.29) is 5.56 Å². The minimum absolute atomic E-state index is 0.0365. The Morgan fingerprint density at radius 1 is 1.09 bits per heavy atom. The Morgan fingerprint density at radius 2 is 1.68 bits per heavy atom. The van der Waals surface area contributed by atoms with Crippen LogP contribution in [0.4, 0.5) is 9.18 Å². The summed E-state index contributed by atoms with van der Waals surface area (Å²) in [7, 11) is 0. The molecule has 5 nitrogen and oxygen atoms in total. The highest BCUT2D eigenvalue weighted by molar-refractivity contribution is 5.94. The topological polar surface area (TPSA) is 67.4 Å². The first kappa shape index (κ1) is 17.9. The number of carbonyl (C=O) groups is 2. The second-order valence-corrected chi connectivity index (χ2v) is 5.87. The van der Waals surface area contributed by atoms with Gasteiger partial charge in [-0.3, -0.25) is 4.79 Å². The van der Waals surface area contributed by atoms with E-state index in [0.29, 0.717) is 25.9 Å². The third-order valence-electron chi connectivity index (χ3n) is 2.68. The van der Waals surface area contributed by atoms with Gasteiger partial charge >= 0.3 is 6.09 Å². The van der Waals surface area contributed by atoms with E-state index in [4.69, 9.17) is 4.74 Å². The largest absolute Gasteiger partial charge is 0.444 e. The van der Waals surface area contributed by atoms with Crippen molar-refractivity contribution in [2.24, 2.45) is 0 Å². The van der Waals surface area contributed by atoms with Gasteiger partial charge in [-0.15, -0.1) is 0 Å². The van der Waals surface area contributed by atoms with Gasteiger partial charge in [-0.05, 0) is 45.7 Å². The lowest BCUT2D eigenvalue weighted by atomic mass is 10.2. The number of amides is 2. The van der Waals surface area contributed by atoms with Gasteiger partial charge in [0.05, 0.1) is 5.56 Å². The summed E-state index contributed by atoms with van der Waals surface area (Å²) in [6, 6.07) is 5.84. The average molecular weight is 310 g/mol. The van der Waals surface area contributed by atoms with Gasteiger partial charge in [0, 0.05) is 13.1 Å². The maximum Gasteiger partial charge on any atom is 0.407 e. The predicted molar refractivity (Wildman–Crippen MR) is 82.2 cm³/mol. The summed E-state index contributed by atoms with van der Waals surface area (Å²) < 4.78 is 18.5. The van der Waals surface area contributed by atoms with Crippen LogP contribution in [0.1, 0.15) is 44.0 Å². The van der Waals surface area contributed by atoms with Crippen LogP contribution >= 0.6 is 0 Å².